The number of amides is 1. The van der Waals surface area contributed by atoms with E-state index in [9.17, 15) is 4.79 Å². The van der Waals surface area contributed by atoms with Crippen molar-refractivity contribution in [3.8, 4) is 0 Å². The Balaban J connectivity index is 1.86. The molecule has 6 nitrogen and oxygen atoms in total. The zero-order chi connectivity index (χ0) is 18.9. The van der Waals surface area contributed by atoms with Gasteiger partial charge in [-0.2, -0.15) is 0 Å². The van der Waals surface area contributed by atoms with Crippen LogP contribution in [0.3, 0.4) is 0 Å². The van der Waals surface area contributed by atoms with Gasteiger partial charge in [-0.15, -0.1) is 0 Å². The summed E-state index contributed by atoms with van der Waals surface area (Å²) in [5.74, 6) is 0.897. The fourth-order valence-corrected chi connectivity index (χ4v) is 3.39. The molecule has 0 spiro atoms. The third-order valence-electron chi connectivity index (χ3n) is 5.06. The van der Waals surface area contributed by atoms with Crippen molar-refractivity contribution in [2.24, 2.45) is 0 Å². The molecule has 1 aromatic heterocycles. The molecule has 6 heteroatoms. The lowest BCUT2D eigenvalue weighted by atomic mass is 10.2. The van der Waals surface area contributed by atoms with Crippen molar-refractivity contribution < 1.29 is 9.53 Å². The first kappa shape index (κ1) is 20.8. The van der Waals surface area contributed by atoms with E-state index in [0.29, 0.717) is 19.0 Å². The van der Waals surface area contributed by atoms with E-state index in [1.165, 1.54) is 6.42 Å². The molecule has 0 radical (unpaired) electrons. The average Bonchev–Trinajstić information content (AvgIpc) is 3.11. The van der Waals surface area contributed by atoms with Gasteiger partial charge in [-0.1, -0.05) is 13.0 Å². The van der Waals surface area contributed by atoms with Gasteiger partial charge in [-0.3, -0.25) is 19.5 Å². The summed E-state index contributed by atoms with van der Waals surface area (Å²) in [6, 6.07) is 6.42. The third-order valence-corrected chi connectivity index (χ3v) is 5.06. The molecule has 0 aromatic carbocycles. The monoisotopic (exact) mass is 362 g/mol. The molecule has 1 fully saturated rings. The number of hydrogen-bond acceptors (Lipinski definition) is 5. The van der Waals surface area contributed by atoms with Crippen molar-refractivity contribution in [1.82, 2.24) is 14.8 Å². The van der Waals surface area contributed by atoms with Crippen LogP contribution in [0.1, 0.15) is 32.4 Å². The van der Waals surface area contributed by atoms with Crippen LogP contribution in [0, 0.1) is 6.92 Å². The van der Waals surface area contributed by atoms with Gasteiger partial charge >= 0.3 is 0 Å². The molecule has 1 aliphatic rings. The van der Waals surface area contributed by atoms with Gasteiger partial charge < -0.3 is 4.74 Å². The molecule has 1 amide bonds. The number of likely N-dealkylation sites (tertiary alicyclic amines) is 1. The first-order valence-electron chi connectivity index (χ1n) is 9.79. The van der Waals surface area contributed by atoms with E-state index in [0.717, 1.165) is 50.9 Å². The fraction of sp³-hybridized carbons (Fsp3) is 0.700. The summed E-state index contributed by atoms with van der Waals surface area (Å²) in [6.07, 6.45) is 1.67. The zero-order valence-electron chi connectivity index (χ0n) is 16.8. The summed E-state index contributed by atoms with van der Waals surface area (Å²) >= 11 is 0. The van der Waals surface area contributed by atoms with Crippen LogP contribution in [-0.4, -0.2) is 79.7 Å². The lowest BCUT2D eigenvalue weighted by molar-refractivity contribution is -0.118. The van der Waals surface area contributed by atoms with Gasteiger partial charge in [0.2, 0.25) is 5.91 Å². The van der Waals surface area contributed by atoms with Crippen LogP contribution in [-0.2, 0) is 9.53 Å². The number of hydrogen-bond donors (Lipinski definition) is 0. The Morgan fingerprint density at radius 2 is 2.15 bits per heavy atom. The largest absolute Gasteiger partial charge is 0.380 e. The number of aromatic nitrogens is 1. The molecule has 1 aromatic rings. The van der Waals surface area contributed by atoms with Gasteiger partial charge in [0.15, 0.2) is 0 Å². The number of ether oxygens (including phenoxy) is 1. The molecular formula is C20H34N4O2. The second-order valence-electron chi connectivity index (χ2n) is 6.96. The minimum atomic E-state index is 0.132. The minimum absolute atomic E-state index is 0.132. The van der Waals surface area contributed by atoms with Gasteiger partial charge in [0.25, 0.3) is 0 Å². The van der Waals surface area contributed by atoms with Crippen LogP contribution < -0.4 is 4.90 Å². The molecule has 0 aliphatic carbocycles. The number of carbonyl (C=O) groups excluding carboxylic acids is 1. The minimum Gasteiger partial charge on any atom is -0.380 e. The molecule has 0 bridgehead atoms. The van der Waals surface area contributed by atoms with Crippen molar-refractivity contribution in [1.29, 1.82) is 0 Å². The number of likely N-dealkylation sites (N-methyl/N-ethyl adjacent to an activating group) is 1. The summed E-state index contributed by atoms with van der Waals surface area (Å²) in [4.78, 5) is 23.6. The fourth-order valence-electron chi connectivity index (χ4n) is 3.39. The summed E-state index contributed by atoms with van der Waals surface area (Å²) in [5.41, 5.74) is 0.938. The maximum atomic E-state index is 12.4. The predicted molar refractivity (Wildman–Crippen MR) is 106 cm³/mol. The Bertz CT molecular complexity index is 566. The Kier molecular flexibility index (Phi) is 8.48. The number of nitrogens with zero attached hydrogens (tertiary/aromatic N) is 4. The second-order valence-corrected chi connectivity index (χ2v) is 6.96. The Labute approximate surface area is 158 Å². The van der Waals surface area contributed by atoms with Crippen LogP contribution in [0.15, 0.2) is 18.2 Å². The van der Waals surface area contributed by atoms with E-state index < -0.39 is 0 Å². The normalized spacial score (nSPS) is 17.8. The number of aryl methyl sites for hydroxylation is 1. The Hall–Kier alpha value is -1.50. The van der Waals surface area contributed by atoms with Crippen LogP contribution in [0.25, 0.3) is 0 Å². The smallest absolute Gasteiger partial charge is 0.227 e. The van der Waals surface area contributed by atoms with Crippen molar-refractivity contribution in [2.45, 2.75) is 39.7 Å². The molecule has 1 saturated heterocycles. The molecule has 2 heterocycles. The highest BCUT2D eigenvalue weighted by atomic mass is 16.5. The molecule has 1 atom stereocenters. The van der Waals surface area contributed by atoms with E-state index in [1.807, 2.05) is 43.9 Å². The van der Waals surface area contributed by atoms with Crippen molar-refractivity contribution >= 4 is 11.7 Å². The van der Waals surface area contributed by atoms with Gasteiger partial charge in [0, 0.05) is 50.9 Å². The third kappa shape index (κ3) is 6.04. The lowest BCUT2D eigenvalue weighted by Gasteiger charge is -2.26. The van der Waals surface area contributed by atoms with Gasteiger partial charge in [0.1, 0.15) is 5.82 Å². The predicted octanol–water partition coefficient (Wildman–Crippen LogP) is 2.18. The molecule has 0 saturated carbocycles. The van der Waals surface area contributed by atoms with E-state index in [2.05, 4.69) is 21.8 Å². The molecule has 2 rings (SSSR count). The summed E-state index contributed by atoms with van der Waals surface area (Å²) in [5, 5.41) is 0. The highest BCUT2D eigenvalue weighted by Gasteiger charge is 2.26. The maximum Gasteiger partial charge on any atom is 0.227 e. The van der Waals surface area contributed by atoms with Crippen LogP contribution >= 0.6 is 0 Å². The second kappa shape index (κ2) is 10.6. The number of pyridine rings is 1. The molecule has 1 unspecified atom stereocenters. The summed E-state index contributed by atoms with van der Waals surface area (Å²) in [7, 11) is 2.18. The molecule has 146 valence electrons. The molecule has 0 N–H and O–H groups in total. The Morgan fingerprint density at radius 1 is 1.35 bits per heavy atom. The highest BCUT2D eigenvalue weighted by molar-refractivity contribution is 5.92. The molecule has 1 aliphatic heterocycles. The lowest BCUT2D eigenvalue weighted by Crippen LogP contribution is -2.40. The average molecular weight is 363 g/mol. The number of rotatable bonds is 10. The quantitative estimate of drug-likeness (QED) is 0.597. The Morgan fingerprint density at radius 3 is 2.85 bits per heavy atom. The van der Waals surface area contributed by atoms with Crippen LogP contribution in [0.5, 0.6) is 0 Å². The number of carbonyl (C=O) groups is 1. The van der Waals surface area contributed by atoms with Gasteiger partial charge in [-0.25, -0.2) is 4.98 Å². The topological polar surface area (TPSA) is 48.9 Å². The SMILES string of the molecule is CCOCCN(C)C1CCN(CCN(C(=O)CC)c2cccc(C)n2)C1. The number of anilines is 1. The summed E-state index contributed by atoms with van der Waals surface area (Å²) < 4.78 is 5.46. The van der Waals surface area contributed by atoms with E-state index >= 15 is 0 Å². The van der Waals surface area contributed by atoms with Crippen molar-refractivity contribution in [3.63, 3.8) is 0 Å². The summed E-state index contributed by atoms with van der Waals surface area (Å²) in [6.45, 7) is 12.2. The van der Waals surface area contributed by atoms with Crippen LogP contribution in [0.2, 0.25) is 0 Å². The highest BCUT2D eigenvalue weighted by Crippen LogP contribution is 2.16. The molecule has 26 heavy (non-hydrogen) atoms. The van der Waals surface area contributed by atoms with Gasteiger partial charge in [0.05, 0.1) is 6.61 Å². The first-order valence-corrected chi connectivity index (χ1v) is 9.79. The maximum absolute atomic E-state index is 12.4. The molecular weight excluding hydrogens is 328 g/mol. The van der Waals surface area contributed by atoms with Crippen molar-refractivity contribution in [3.05, 3.63) is 23.9 Å². The van der Waals surface area contributed by atoms with E-state index in [1.54, 1.807) is 0 Å². The standard InChI is InChI=1S/C20H34N4O2/c1-5-20(25)24(19-9-7-8-17(3)21-19)13-12-23-11-10-18(16-23)22(4)14-15-26-6-2/h7-9,18H,5-6,10-16H2,1-4H3. The van der Waals surface area contributed by atoms with E-state index in [-0.39, 0.29) is 5.91 Å². The van der Waals surface area contributed by atoms with Gasteiger partial charge in [-0.05, 0) is 46.0 Å². The van der Waals surface area contributed by atoms with Crippen molar-refractivity contribution in [2.75, 3.05) is 57.9 Å². The first-order chi connectivity index (χ1) is 12.5. The van der Waals surface area contributed by atoms with Crippen LogP contribution in [0.4, 0.5) is 5.82 Å². The zero-order valence-corrected chi connectivity index (χ0v) is 16.8. The van der Waals surface area contributed by atoms with E-state index in [4.69, 9.17) is 4.74 Å².